The molecule has 0 aliphatic rings. The van der Waals surface area contributed by atoms with E-state index in [0.717, 1.165) is 11.3 Å². The van der Waals surface area contributed by atoms with Crippen molar-refractivity contribution < 1.29 is 13.9 Å². The van der Waals surface area contributed by atoms with Crippen LogP contribution >= 0.6 is 0 Å². The summed E-state index contributed by atoms with van der Waals surface area (Å²) in [6.07, 6.45) is 5.00. The lowest BCUT2D eigenvalue weighted by molar-refractivity contribution is -0.144. The normalized spacial score (nSPS) is 12.4. The van der Waals surface area contributed by atoms with E-state index in [0.29, 0.717) is 0 Å². The van der Waals surface area contributed by atoms with Crippen molar-refractivity contribution in [3.8, 4) is 11.3 Å². The van der Waals surface area contributed by atoms with E-state index in [4.69, 9.17) is 4.42 Å². The summed E-state index contributed by atoms with van der Waals surface area (Å²) in [5.41, 5.74) is 0.834. The van der Waals surface area contributed by atoms with Gasteiger partial charge in [-0.25, -0.2) is 4.79 Å². The monoisotopic (exact) mass is 220 g/mol. The van der Waals surface area contributed by atoms with Gasteiger partial charge in [-0.15, -0.1) is 0 Å². The number of hydrogen-bond acceptors (Lipinski definition) is 4. The average molecular weight is 220 g/mol. The summed E-state index contributed by atoms with van der Waals surface area (Å²) in [4.78, 5) is 11.3. The summed E-state index contributed by atoms with van der Waals surface area (Å²) in [5.74, 6) is 0.400. The molecule has 1 atom stereocenters. The SMILES string of the molecule is COC(=O)[C@H](C)n1cc(-c2ccco2)cn1. The van der Waals surface area contributed by atoms with E-state index in [2.05, 4.69) is 9.84 Å². The highest BCUT2D eigenvalue weighted by Gasteiger charge is 2.16. The molecule has 0 aliphatic heterocycles. The second-order valence-corrected chi connectivity index (χ2v) is 3.39. The molecule has 0 saturated heterocycles. The van der Waals surface area contributed by atoms with Crippen LogP contribution in [-0.2, 0) is 9.53 Å². The molecule has 0 bridgehead atoms. The number of carbonyl (C=O) groups excluding carboxylic acids is 1. The Balaban J connectivity index is 2.23. The molecule has 2 aromatic rings. The third-order valence-corrected chi connectivity index (χ3v) is 2.35. The van der Waals surface area contributed by atoms with Gasteiger partial charge in [0.15, 0.2) is 0 Å². The Kier molecular flexibility index (Phi) is 2.76. The Bertz CT molecular complexity index is 473. The van der Waals surface area contributed by atoms with E-state index in [-0.39, 0.29) is 5.97 Å². The van der Waals surface area contributed by atoms with Gasteiger partial charge in [0.25, 0.3) is 0 Å². The largest absolute Gasteiger partial charge is 0.467 e. The maximum Gasteiger partial charge on any atom is 0.330 e. The van der Waals surface area contributed by atoms with Crippen molar-refractivity contribution in [2.24, 2.45) is 0 Å². The number of furan rings is 1. The Hall–Kier alpha value is -2.04. The number of carbonyl (C=O) groups is 1. The number of rotatable bonds is 3. The van der Waals surface area contributed by atoms with E-state index >= 15 is 0 Å². The highest BCUT2D eigenvalue weighted by Crippen LogP contribution is 2.20. The number of methoxy groups -OCH3 is 1. The van der Waals surface area contributed by atoms with Crippen molar-refractivity contribution in [3.05, 3.63) is 30.8 Å². The first kappa shape index (κ1) is 10.5. The van der Waals surface area contributed by atoms with Crippen molar-refractivity contribution in [1.29, 1.82) is 0 Å². The summed E-state index contributed by atoms with van der Waals surface area (Å²) < 4.78 is 11.4. The zero-order chi connectivity index (χ0) is 11.5. The minimum atomic E-state index is -0.436. The standard InChI is InChI=1S/C11H12N2O3/c1-8(11(14)15-2)13-7-9(6-12-13)10-4-3-5-16-10/h3-8H,1-2H3/t8-/m0/s1. The third-order valence-electron chi connectivity index (χ3n) is 2.35. The lowest BCUT2D eigenvalue weighted by Gasteiger charge is -2.08. The predicted molar refractivity (Wildman–Crippen MR) is 56.7 cm³/mol. The highest BCUT2D eigenvalue weighted by molar-refractivity contribution is 5.73. The molecule has 0 saturated carbocycles. The molecule has 2 aromatic heterocycles. The first-order chi connectivity index (χ1) is 7.72. The lowest BCUT2D eigenvalue weighted by atomic mass is 10.3. The van der Waals surface area contributed by atoms with Crippen molar-refractivity contribution >= 4 is 5.97 Å². The van der Waals surface area contributed by atoms with Crippen molar-refractivity contribution in [3.63, 3.8) is 0 Å². The van der Waals surface area contributed by atoms with Crippen molar-refractivity contribution in [1.82, 2.24) is 9.78 Å². The van der Waals surface area contributed by atoms with Crippen LogP contribution in [0, 0.1) is 0 Å². The zero-order valence-electron chi connectivity index (χ0n) is 9.08. The molecule has 2 heterocycles. The minimum absolute atomic E-state index is 0.325. The summed E-state index contributed by atoms with van der Waals surface area (Å²) in [6, 6.07) is 3.20. The summed E-state index contributed by atoms with van der Waals surface area (Å²) in [6.45, 7) is 1.73. The molecular formula is C11H12N2O3. The molecule has 5 nitrogen and oxygen atoms in total. The summed E-state index contributed by atoms with van der Waals surface area (Å²) in [5, 5.41) is 4.10. The quantitative estimate of drug-likeness (QED) is 0.741. The van der Waals surface area contributed by atoms with Crippen LogP contribution in [0.2, 0.25) is 0 Å². The van der Waals surface area contributed by atoms with Crippen LogP contribution in [0.15, 0.2) is 35.2 Å². The van der Waals surface area contributed by atoms with E-state index < -0.39 is 6.04 Å². The topological polar surface area (TPSA) is 57.3 Å². The second kappa shape index (κ2) is 4.22. The Morgan fingerprint density at radius 1 is 1.62 bits per heavy atom. The molecule has 5 heteroatoms. The maximum atomic E-state index is 11.3. The van der Waals surface area contributed by atoms with Gasteiger partial charge in [-0.3, -0.25) is 4.68 Å². The van der Waals surface area contributed by atoms with Crippen LogP contribution in [-0.4, -0.2) is 22.9 Å². The van der Waals surface area contributed by atoms with Crippen LogP contribution < -0.4 is 0 Å². The number of hydrogen-bond donors (Lipinski definition) is 0. The molecule has 0 N–H and O–H groups in total. The molecule has 0 amide bonds. The number of esters is 1. The maximum absolute atomic E-state index is 11.3. The average Bonchev–Trinajstić information content (AvgIpc) is 2.96. The van der Waals surface area contributed by atoms with Crippen LogP contribution in [0.5, 0.6) is 0 Å². The minimum Gasteiger partial charge on any atom is -0.467 e. The zero-order valence-corrected chi connectivity index (χ0v) is 9.08. The molecule has 2 rings (SSSR count). The molecule has 0 spiro atoms. The molecule has 84 valence electrons. The Labute approximate surface area is 92.6 Å². The van der Waals surface area contributed by atoms with Crippen molar-refractivity contribution in [2.45, 2.75) is 13.0 Å². The Morgan fingerprint density at radius 3 is 3.06 bits per heavy atom. The smallest absolute Gasteiger partial charge is 0.330 e. The second-order valence-electron chi connectivity index (χ2n) is 3.39. The first-order valence-electron chi connectivity index (χ1n) is 4.88. The van der Waals surface area contributed by atoms with E-state index in [1.54, 1.807) is 36.3 Å². The van der Waals surface area contributed by atoms with E-state index in [1.165, 1.54) is 7.11 Å². The molecule has 16 heavy (non-hydrogen) atoms. The Morgan fingerprint density at radius 2 is 2.44 bits per heavy atom. The van der Waals surface area contributed by atoms with Gasteiger partial charge in [0.1, 0.15) is 11.8 Å². The summed E-state index contributed by atoms with van der Waals surface area (Å²) >= 11 is 0. The molecule has 0 fully saturated rings. The van der Waals surface area contributed by atoms with Gasteiger partial charge in [0, 0.05) is 6.20 Å². The van der Waals surface area contributed by atoms with Gasteiger partial charge in [-0.2, -0.15) is 5.10 Å². The van der Waals surface area contributed by atoms with Gasteiger partial charge >= 0.3 is 5.97 Å². The summed E-state index contributed by atoms with van der Waals surface area (Å²) in [7, 11) is 1.36. The fourth-order valence-corrected chi connectivity index (χ4v) is 1.40. The third kappa shape index (κ3) is 1.84. The number of ether oxygens (including phenoxy) is 1. The van der Waals surface area contributed by atoms with Gasteiger partial charge < -0.3 is 9.15 Å². The van der Waals surface area contributed by atoms with Gasteiger partial charge in [-0.1, -0.05) is 0 Å². The van der Waals surface area contributed by atoms with Gasteiger partial charge in [0.2, 0.25) is 0 Å². The highest BCUT2D eigenvalue weighted by atomic mass is 16.5. The molecule has 0 radical (unpaired) electrons. The van der Waals surface area contributed by atoms with Crippen molar-refractivity contribution in [2.75, 3.05) is 7.11 Å². The van der Waals surface area contributed by atoms with Crippen LogP contribution in [0.25, 0.3) is 11.3 Å². The molecule has 0 aliphatic carbocycles. The lowest BCUT2D eigenvalue weighted by Crippen LogP contribution is -2.17. The van der Waals surface area contributed by atoms with Crippen LogP contribution in [0.3, 0.4) is 0 Å². The molecule has 0 aromatic carbocycles. The van der Waals surface area contributed by atoms with Crippen LogP contribution in [0.1, 0.15) is 13.0 Å². The van der Waals surface area contributed by atoms with Crippen LogP contribution in [0.4, 0.5) is 0 Å². The first-order valence-corrected chi connectivity index (χ1v) is 4.88. The van der Waals surface area contributed by atoms with E-state index in [9.17, 15) is 4.79 Å². The molecule has 0 unspecified atom stereocenters. The molecular weight excluding hydrogens is 208 g/mol. The predicted octanol–water partition coefficient (Wildman–Crippen LogP) is 1.88. The number of aromatic nitrogens is 2. The fraction of sp³-hybridized carbons (Fsp3) is 0.273. The van der Waals surface area contributed by atoms with Gasteiger partial charge in [0.05, 0.1) is 25.1 Å². The fourth-order valence-electron chi connectivity index (χ4n) is 1.40. The number of nitrogens with zero attached hydrogens (tertiary/aromatic N) is 2. The van der Waals surface area contributed by atoms with E-state index in [1.807, 2.05) is 6.07 Å². The van der Waals surface area contributed by atoms with Gasteiger partial charge in [-0.05, 0) is 19.1 Å².